The van der Waals surface area contributed by atoms with Crippen LogP contribution in [0, 0.1) is 0 Å². The summed E-state index contributed by atoms with van der Waals surface area (Å²) in [5, 5.41) is 4.39. The number of hydrogen-bond acceptors (Lipinski definition) is 2. The third kappa shape index (κ3) is 2.38. The van der Waals surface area contributed by atoms with Crippen LogP contribution in [0.5, 0.6) is 0 Å². The number of benzene rings is 2. The van der Waals surface area contributed by atoms with Crippen molar-refractivity contribution in [1.29, 1.82) is 0 Å². The first-order chi connectivity index (χ1) is 9.59. The van der Waals surface area contributed by atoms with Gasteiger partial charge in [-0.25, -0.2) is 0 Å². The minimum Gasteiger partial charge on any atom is -0.320 e. The van der Waals surface area contributed by atoms with E-state index >= 15 is 0 Å². The van der Waals surface area contributed by atoms with Crippen molar-refractivity contribution in [2.45, 2.75) is 6.04 Å². The molecular weight excluding hydrogens is 377 g/mol. The molecule has 3 rings (SSSR count). The maximum atomic E-state index is 6.40. The zero-order chi connectivity index (χ0) is 14.3. The number of thiophene rings is 1. The van der Waals surface area contributed by atoms with Crippen molar-refractivity contribution in [3.63, 3.8) is 0 Å². The normalized spacial score (nSPS) is 12.8. The van der Waals surface area contributed by atoms with Crippen LogP contribution in [-0.2, 0) is 0 Å². The second-order valence-corrected chi connectivity index (χ2v) is 6.97. The summed E-state index contributed by atoms with van der Waals surface area (Å²) < 4.78 is 2.25. The van der Waals surface area contributed by atoms with Crippen LogP contribution in [0.2, 0.25) is 10.0 Å². The molecular formula is C15H10BrCl2NS. The van der Waals surface area contributed by atoms with Gasteiger partial charge in [0, 0.05) is 24.8 Å². The van der Waals surface area contributed by atoms with Crippen molar-refractivity contribution in [2.75, 3.05) is 0 Å². The molecule has 0 fully saturated rings. The van der Waals surface area contributed by atoms with E-state index in [4.69, 9.17) is 28.9 Å². The number of halogens is 3. The first kappa shape index (κ1) is 14.4. The standard InChI is InChI=1S/C15H10BrCl2NS/c16-10-4-1-3-8-9(7-20-15(8)10)14(19)13-11(17)5-2-6-12(13)18/h1-7,14H,19H2. The maximum Gasteiger partial charge on any atom is 0.0595 e. The lowest BCUT2D eigenvalue weighted by Gasteiger charge is -2.15. The second kappa shape index (κ2) is 5.66. The van der Waals surface area contributed by atoms with Crippen LogP contribution in [0.25, 0.3) is 10.1 Å². The molecule has 0 bridgehead atoms. The highest BCUT2D eigenvalue weighted by Gasteiger charge is 2.19. The molecule has 1 unspecified atom stereocenters. The van der Waals surface area contributed by atoms with E-state index in [1.54, 1.807) is 11.3 Å². The third-order valence-corrected chi connectivity index (χ3v) is 5.86. The lowest BCUT2D eigenvalue weighted by atomic mass is 9.99. The molecule has 1 heterocycles. The third-order valence-electron chi connectivity index (χ3n) is 3.23. The molecule has 0 saturated heterocycles. The topological polar surface area (TPSA) is 26.0 Å². The Balaban J connectivity index is 2.18. The highest BCUT2D eigenvalue weighted by atomic mass is 79.9. The fourth-order valence-electron chi connectivity index (χ4n) is 2.25. The minimum absolute atomic E-state index is 0.334. The van der Waals surface area contributed by atoms with Crippen LogP contribution in [0.3, 0.4) is 0 Å². The molecule has 20 heavy (non-hydrogen) atoms. The Kier molecular flexibility index (Phi) is 4.07. The predicted octanol–water partition coefficient (Wildman–Crippen LogP) is 6.02. The molecule has 2 N–H and O–H groups in total. The molecule has 0 saturated carbocycles. The fourth-order valence-corrected chi connectivity index (χ4v) is 4.54. The summed E-state index contributed by atoms with van der Waals surface area (Å²) in [6.45, 7) is 0. The molecule has 3 aromatic rings. The number of nitrogens with two attached hydrogens (primary N) is 1. The Morgan fingerprint density at radius 3 is 2.40 bits per heavy atom. The number of hydrogen-bond donors (Lipinski definition) is 1. The van der Waals surface area contributed by atoms with Crippen LogP contribution in [0.1, 0.15) is 17.2 Å². The monoisotopic (exact) mass is 385 g/mol. The molecule has 2 aromatic carbocycles. The molecule has 0 aliphatic carbocycles. The SMILES string of the molecule is NC(c1c(Cl)cccc1Cl)c1csc2c(Br)cccc12. The van der Waals surface area contributed by atoms with E-state index in [1.165, 1.54) is 4.70 Å². The summed E-state index contributed by atoms with van der Waals surface area (Å²) >= 11 is 17.7. The predicted molar refractivity (Wildman–Crippen MR) is 92.0 cm³/mol. The van der Waals surface area contributed by atoms with E-state index in [9.17, 15) is 0 Å². The minimum atomic E-state index is -0.334. The molecule has 0 aliphatic heterocycles. The fraction of sp³-hybridized carbons (Fsp3) is 0.0667. The average molecular weight is 387 g/mol. The summed E-state index contributed by atoms with van der Waals surface area (Å²) in [6, 6.07) is 11.2. The van der Waals surface area contributed by atoms with Gasteiger partial charge in [0.25, 0.3) is 0 Å². The first-order valence-corrected chi connectivity index (χ1v) is 8.37. The van der Waals surface area contributed by atoms with Crippen LogP contribution in [0.4, 0.5) is 0 Å². The molecule has 1 atom stereocenters. The maximum absolute atomic E-state index is 6.40. The van der Waals surface area contributed by atoms with Crippen LogP contribution >= 0.6 is 50.5 Å². The highest BCUT2D eigenvalue weighted by Crippen LogP contribution is 2.39. The van der Waals surface area contributed by atoms with E-state index in [2.05, 4.69) is 27.4 Å². The van der Waals surface area contributed by atoms with E-state index in [0.29, 0.717) is 10.0 Å². The second-order valence-electron chi connectivity index (χ2n) is 4.42. The molecule has 1 aromatic heterocycles. The van der Waals surface area contributed by atoms with Crippen molar-refractivity contribution in [3.05, 3.63) is 67.4 Å². The Morgan fingerprint density at radius 1 is 1.05 bits per heavy atom. The molecule has 0 spiro atoms. The van der Waals surface area contributed by atoms with Crippen molar-refractivity contribution in [2.24, 2.45) is 5.73 Å². The largest absolute Gasteiger partial charge is 0.320 e. The molecule has 102 valence electrons. The zero-order valence-corrected chi connectivity index (χ0v) is 14.2. The van der Waals surface area contributed by atoms with Gasteiger partial charge in [0.1, 0.15) is 0 Å². The Morgan fingerprint density at radius 2 is 1.70 bits per heavy atom. The number of fused-ring (bicyclic) bond motifs is 1. The van der Waals surface area contributed by atoms with Crippen molar-refractivity contribution in [1.82, 2.24) is 0 Å². The summed E-state index contributed by atoms with van der Waals surface area (Å²) in [4.78, 5) is 0. The van der Waals surface area contributed by atoms with Gasteiger partial charge in [-0.2, -0.15) is 0 Å². The Hall–Kier alpha value is -0.580. The molecule has 1 nitrogen and oxygen atoms in total. The van der Waals surface area contributed by atoms with Gasteiger partial charge in [0.2, 0.25) is 0 Å². The van der Waals surface area contributed by atoms with E-state index in [1.807, 2.05) is 30.3 Å². The summed E-state index contributed by atoms with van der Waals surface area (Å²) in [5.41, 5.74) is 8.22. The first-order valence-electron chi connectivity index (χ1n) is 5.94. The van der Waals surface area contributed by atoms with Gasteiger partial charge in [0.05, 0.1) is 6.04 Å². The lowest BCUT2D eigenvalue weighted by molar-refractivity contribution is 0.885. The van der Waals surface area contributed by atoms with Gasteiger partial charge in [-0.05, 0) is 50.5 Å². The van der Waals surface area contributed by atoms with Gasteiger partial charge in [-0.15, -0.1) is 11.3 Å². The van der Waals surface area contributed by atoms with Crippen molar-refractivity contribution >= 4 is 60.6 Å². The molecule has 0 amide bonds. The van der Waals surface area contributed by atoms with Crippen LogP contribution < -0.4 is 5.73 Å². The van der Waals surface area contributed by atoms with Gasteiger partial charge >= 0.3 is 0 Å². The van der Waals surface area contributed by atoms with Crippen molar-refractivity contribution in [3.8, 4) is 0 Å². The Bertz CT molecular complexity index is 764. The molecule has 5 heteroatoms. The van der Waals surface area contributed by atoms with Gasteiger partial charge in [-0.3, -0.25) is 0 Å². The molecule has 0 radical (unpaired) electrons. The van der Waals surface area contributed by atoms with Gasteiger partial charge < -0.3 is 5.73 Å². The van der Waals surface area contributed by atoms with Crippen LogP contribution in [0.15, 0.2) is 46.3 Å². The van der Waals surface area contributed by atoms with E-state index in [0.717, 1.165) is 21.0 Å². The van der Waals surface area contributed by atoms with Crippen molar-refractivity contribution < 1.29 is 0 Å². The van der Waals surface area contributed by atoms with E-state index in [-0.39, 0.29) is 6.04 Å². The summed E-state index contributed by atoms with van der Waals surface area (Å²) in [6.07, 6.45) is 0. The summed E-state index contributed by atoms with van der Waals surface area (Å²) in [5.74, 6) is 0. The Labute approximate surface area is 139 Å². The van der Waals surface area contributed by atoms with Crippen LogP contribution in [-0.4, -0.2) is 0 Å². The highest BCUT2D eigenvalue weighted by molar-refractivity contribution is 9.10. The quantitative estimate of drug-likeness (QED) is 0.572. The smallest absolute Gasteiger partial charge is 0.0595 e. The van der Waals surface area contributed by atoms with Gasteiger partial charge in [0.15, 0.2) is 0 Å². The lowest BCUT2D eigenvalue weighted by Crippen LogP contribution is -2.12. The van der Waals surface area contributed by atoms with Gasteiger partial charge in [-0.1, -0.05) is 41.4 Å². The average Bonchev–Trinajstić information content (AvgIpc) is 2.83. The van der Waals surface area contributed by atoms with E-state index < -0.39 is 0 Å². The molecule has 0 aliphatic rings. The number of rotatable bonds is 2. The zero-order valence-electron chi connectivity index (χ0n) is 10.2. The summed E-state index contributed by atoms with van der Waals surface area (Å²) in [7, 11) is 0.